The average molecular weight is 428 g/mol. The molecular formula is C23H28N2O6. The number of likely N-dealkylation sites (tertiary alicyclic amines) is 1. The lowest BCUT2D eigenvalue weighted by molar-refractivity contribution is -0.137. The summed E-state index contributed by atoms with van der Waals surface area (Å²) in [4.78, 5) is 28.7. The Hall–Kier alpha value is -2.74. The molecule has 31 heavy (non-hydrogen) atoms. The summed E-state index contributed by atoms with van der Waals surface area (Å²) in [6.07, 6.45) is 7.91. The first-order valence-corrected chi connectivity index (χ1v) is 10.8. The number of amides is 2. The molecule has 1 aromatic rings. The van der Waals surface area contributed by atoms with E-state index in [9.17, 15) is 9.59 Å². The maximum Gasteiger partial charge on any atom is 0.231 e. The SMILES string of the molecule is COc1cc(NC(=O)[C@@H]2[C@H]3C(=O)N(C4CCCC4)C[C@@]34C=C[C@H]2O4)cc(OC)c1OC. The van der Waals surface area contributed by atoms with Gasteiger partial charge < -0.3 is 29.2 Å². The minimum atomic E-state index is -0.679. The number of fused-ring (bicyclic) bond motifs is 1. The zero-order chi connectivity index (χ0) is 21.8. The number of nitrogens with one attached hydrogen (secondary N) is 1. The van der Waals surface area contributed by atoms with Gasteiger partial charge in [0.05, 0.1) is 45.8 Å². The Morgan fingerprint density at radius 3 is 2.42 bits per heavy atom. The van der Waals surface area contributed by atoms with E-state index in [1.165, 1.54) is 21.3 Å². The number of hydrogen-bond acceptors (Lipinski definition) is 6. The lowest BCUT2D eigenvalue weighted by atomic mass is 9.76. The van der Waals surface area contributed by atoms with Gasteiger partial charge in [0.2, 0.25) is 17.6 Å². The van der Waals surface area contributed by atoms with Crippen molar-refractivity contribution in [3.63, 3.8) is 0 Å². The van der Waals surface area contributed by atoms with Crippen molar-refractivity contribution in [3.8, 4) is 17.2 Å². The first kappa shape index (κ1) is 20.2. The van der Waals surface area contributed by atoms with Crippen LogP contribution in [0.4, 0.5) is 5.69 Å². The molecule has 1 aromatic carbocycles. The van der Waals surface area contributed by atoms with Crippen LogP contribution in [0.2, 0.25) is 0 Å². The molecule has 8 nitrogen and oxygen atoms in total. The van der Waals surface area contributed by atoms with Crippen LogP contribution in [0.25, 0.3) is 0 Å². The lowest BCUT2D eigenvalue weighted by Gasteiger charge is -2.27. The zero-order valence-electron chi connectivity index (χ0n) is 18.1. The number of carbonyl (C=O) groups excluding carboxylic acids is 2. The molecule has 0 unspecified atom stereocenters. The largest absolute Gasteiger partial charge is 0.493 e. The number of benzene rings is 1. The Morgan fingerprint density at radius 1 is 1.13 bits per heavy atom. The quantitative estimate of drug-likeness (QED) is 0.700. The summed E-state index contributed by atoms with van der Waals surface area (Å²) in [5.74, 6) is 0.101. The predicted molar refractivity (Wildman–Crippen MR) is 112 cm³/mol. The molecule has 3 heterocycles. The number of nitrogens with zero attached hydrogens (tertiary/aromatic N) is 1. The van der Waals surface area contributed by atoms with E-state index in [0.717, 1.165) is 25.7 Å². The fraction of sp³-hybridized carbons (Fsp3) is 0.565. The Balaban J connectivity index is 1.40. The molecule has 8 heteroatoms. The summed E-state index contributed by atoms with van der Waals surface area (Å²) in [6, 6.07) is 3.63. The summed E-state index contributed by atoms with van der Waals surface area (Å²) in [5.41, 5.74) is -0.167. The third-order valence-corrected chi connectivity index (χ3v) is 7.13. The van der Waals surface area contributed by atoms with Crippen LogP contribution in [0.5, 0.6) is 17.2 Å². The average Bonchev–Trinajstić information content (AvgIpc) is 3.54. The van der Waals surface area contributed by atoms with Crippen LogP contribution < -0.4 is 19.5 Å². The van der Waals surface area contributed by atoms with Crippen LogP contribution in [0.3, 0.4) is 0 Å². The highest BCUT2D eigenvalue weighted by molar-refractivity contribution is 5.99. The van der Waals surface area contributed by atoms with Gasteiger partial charge in [0.15, 0.2) is 11.5 Å². The summed E-state index contributed by atoms with van der Waals surface area (Å²) in [5, 5.41) is 2.94. The molecule has 1 spiro atoms. The second-order valence-corrected chi connectivity index (χ2v) is 8.71. The first-order valence-electron chi connectivity index (χ1n) is 10.8. The molecule has 4 aliphatic rings. The van der Waals surface area contributed by atoms with Gasteiger partial charge in [0.25, 0.3) is 0 Å². The van der Waals surface area contributed by atoms with Crippen molar-refractivity contribution in [1.29, 1.82) is 0 Å². The Bertz CT molecular complexity index is 915. The number of methoxy groups -OCH3 is 3. The highest BCUT2D eigenvalue weighted by Gasteiger charge is 2.67. The van der Waals surface area contributed by atoms with E-state index in [0.29, 0.717) is 29.5 Å². The fourth-order valence-corrected chi connectivity index (χ4v) is 5.73. The van der Waals surface area contributed by atoms with Crippen LogP contribution in [0.1, 0.15) is 25.7 Å². The van der Waals surface area contributed by atoms with Crippen LogP contribution in [0, 0.1) is 11.8 Å². The maximum absolute atomic E-state index is 13.4. The molecular weight excluding hydrogens is 400 g/mol. The number of hydrogen-bond donors (Lipinski definition) is 1. The highest BCUT2D eigenvalue weighted by Crippen LogP contribution is 2.53. The van der Waals surface area contributed by atoms with Crippen LogP contribution in [-0.4, -0.2) is 62.3 Å². The summed E-state index contributed by atoms with van der Waals surface area (Å²) < 4.78 is 22.3. The topological polar surface area (TPSA) is 86.3 Å². The number of rotatable bonds is 6. The molecule has 2 saturated heterocycles. The molecule has 5 rings (SSSR count). The third kappa shape index (κ3) is 2.99. The molecule has 1 saturated carbocycles. The van der Waals surface area contributed by atoms with Gasteiger partial charge >= 0.3 is 0 Å². The molecule has 166 valence electrons. The Kier molecular flexibility index (Phi) is 4.84. The van der Waals surface area contributed by atoms with E-state index >= 15 is 0 Å². The Labute approximate surface area is 181 Å². The van der Waals surface area contributed by atoms with Crippen LogP contribution in [0.15, 0.2) is 24.3 Å². The van der Waals surface area contributed by atoms with Crippen molar-refractivity contribution >= 4 is 17.5 Å². The van der Waals surface area contributed by atoms with Crippen molar-refractivity contribution in [3.05, 3.63) is 24.3 Å². The van der Waals surface area contributed by atoms with Crippen LogP contribution >= 0.6 is 0 Å². The van der Waals surface area contributed by atoms with Gasteiger partial charge in [-0.15, -0.1) is 0 Å². The Morgan fingerprint density at radius 2 is 1.81 bits per heavy atom. The van der Waals surface area contributed by atoms with E-state index in [2.05, 4.69) is 5.32 Å². The van der Waals surface area contributed by atoms with E-state index in [1.807, 2.05) is 17.1 Å². The number of anilines is 1. The van der Waals surface area contributed by atoms with E-state index in [4.69, 9.17) is 18.9 Å². The summed E-state index contributed by atoms with van der Waals surface area (Å²) >= 11 is 0. The maximum atomic E-state index is 13.4. The van der Waals surface area contributed by atoms with Crippen molar-refractivity contribution in [1.82, 2.24) is 4.90 Å². The molecule has 3 aliphatic heterocycles. The predicted octanol–water partition coefficient (Wildman–Crippen LogP) is 2.38. The van der Waals surface area contributed by atoms with Gasteiger partial charge in [-0.1, -0.05) is 25.0 Å². The van der Waals surface area contributed by atoms with Gasteiger partial charge in [-0.2, -0.15) is 0 Å². The first-order chi connectivity index (χ1) is 15.0. The van der Waals surface area contributed by atoms with Crippen LogP contribution in [-0.2, 0) is 14.3 Å². The second kappa shape index (κ2) is 7.44. The van der Waals surface area contributed by atoms with Gasteiger partial charge in [0, 0.05) is 23.9 Å². The second-order valence-electron chi connectivity index (χ2n) is 8.71. The minimum absolute atomic E-state index is 0.0452. The highest BCUT2D eigenvalue weighted by atomic mass is 16.5. The fourth-order valence-electron chi connectivity index (χ4n) is 5.73. The number of ether oxygens (including phenoxy) is 4. The molecule has 2 bridgehead atoms. The van der Waals surface area contributed by atoms with Crippen molar-refractivity contribution in [2.24, 2.45) is 11.8 Å². The molecule has 2 amide bonds. The van der Waals surface area contributed by atoms with Crippen molar-refractivity contribution in [2.45, 2.75) is 43.4 Å². The van der Waals surface area contributed by atoms with Gasteiger partial charge in [-0.3, -0.25) is 9.59 Å². The monoisotopic (exact) mass is 428 g/mol. The van der Waals surface area contributed by atoms with Gasteiger partial charge in [-0.05, 0) is 12.8 Å². The molecule has 0 radical (unpaired) electrons. The van der Waals surface area contributed by atoms with Crippen molar-refractivity contribution < 1.29 is 28.5 Å². The summed E-state index contributed by atoms with van der Waals surface area (Å²) in [7, 11) is 4.57. The van der Waals surface area contributed by atoms with E-state index in [-0.39, 0.29) is 24.0 Å². The molecule has 0 aromatic heterocycles. The molecule has 3 fully saturated rings. The van der Waals surface area contributed by atoms with E-state index < -0.39 is 17.4 Å². The van der Waals surface area contributed by atoms with E-state index in [1.54, 1.807) is 12.1 Å². The smallest absolute Gasteiger partial charge is 0.231 e. The zero-order valence-corrected chi connectivity index (χ0v) is 18.1. The van der Waals surface area contributed by atoms with Gasteiger partial charge in [-0.25, -0.2) is 0 Å². The number of carbonyl (C=O) groups is 2. The minimum Gasteiger partial charge on any atom is -0.493 e. The van der Waals surface area contributed by atoms with Gasteiger partial charge in [0.1, 0.15) is 5.60 Å². The standard InChI is InChI=1S/C23H28N2O6/c1-28-16-10-13(11-17(29-2)20(16)30-3)24-21(26)18-15-8-9-23(31-15)12-25(22(27)19(18)23)14-6-4-5-7-14/h8-11,14-15,18-19H,4-7,12H2,1-3H3,(H,24,26)/t15-,18+,19+,23+/m1/s1. The summed E-state index contributed by atoms with van der Waals surface area (Å²) in [6.45, 7) is 0.544. The third-order valence-electron chi connectivity index (χ3n) is 7.13. The molecule has 4 atom stereocenters. The normalized spacial score (nSPS) is 31.3. The van der Waals surface area contributed by atoms with Crippen molar-refractivity contribution in [2.75, 3.05) is 33.2 Å². The lowest BCUT2D eigenvalue weighted by Crippen LogP contribution is -2.42. The molecule has 1 N–H and O–H groups in total. The molecule has 1 aliphatic carbocycles.